The van der Waals surface area contributed by atoms with E-state index in [4.69, 9.17) is 4.74 Å². The number of nitrogens with one attached hydrogen (secondary N) is 1. The lowest BCUT2D eigenvalue weighted by molar-refractivity contribution is 0.242. The van der Waals surface area contributed by atoms with Gasteiger partial charge < -0.3 is 15.0 Å². The average Bonchev–Trinajstić information content (AvgIpc) is 2.45. The van der Waals surface area contributed by atoms with Gasteiger partial charge >= 0.3 is 0 Å². The van der Waals surface area contributed by atoms with E-state index in [1.165, 1.54) is 0 Å². The van der Waals surface area contributed by atoms with Gasteiger partial charge in [0.25, 0.3) is 0 Å². The molecule has 0 spiro atoms. The van der Waals surface area contributed by atoms with Crippen LogP contribution < -0.4 is 10.1 Å². The lowest BCUT2D eigenvalue weighted by Crippen LogP contribution is -2.44. The molecule has 1 aliphatic rings. The summed E-state index contributed by atoms with van der Waals surface area (Å²) in [5.41, 5.74) is 1.77. The Bertz CT molecular complexity index is 356. The van der Waals surface area contributed by atoms with Crippen molar-refractivity contribution in [2.45, 2.75) is 13.1 Å². The molecule has 0 atom stereocenters. The molecule has 0 bridgehead atoms. The molecule has 4 heteroatoms. The number of ether oxygens (including phenoxy) is 1. The lowest BCUT2D eigenvalue weighted by atomic mass is 10.0. The minimum atomic E-state index is -0.423. The first-order valence-electron chi connectivity index (χ1n) is 6.49. The third-order valence-corrected chi connectivity index (χ3v) is 3.48. The van der Waals surface area contributed by atoms with Crippen LogP contribution in [0.2, 0.25) is 0 Å². The molecule has 1 saturated heterocycles. The zero-order chi connectivity index (χ0) is 12.8. The molecule has 2 rings (SSSR count). The van der Waals surface area contributed by atoms with Crippen LogP contribution in [0.4, 0.5) is 4.39 Å². The zero-order valence-corrected chi connectivity index (χ0v) is 10.9. The van der Waals surface area contributed by atoms with E-state index in [0.29, 0.717) is 0 Å². The highest BCUT2D eigenvalue weighted by Gasteiger charge is 2.13. The Morgan fingerprint density at radius 3 is 2.78 bits per heavy atom. The molecule has 1 fully saturated rings. The molecule has 1 heterocycles. The Morgan fingerprint density at radius 2 is 2.11 bits per heavy atom. The van der Waals surface area contributed by atoms with Crippen molar-refractivity contribution in [2.24, 2.45) is 0 Å². The zero-order valence-electron chi connectivity index (χ0n) is 10.9. The molecule has 0 aliphatic carbocycles. The normalized spacial score (nSPS) is 16.8. The van der Waals surface area contributed by atoms with Gasteiger partial charge in [-0.3, -0.25) is 0 Å². The second-order valence-electron chi connectivity index (χ2n) is 4.57. The summed E-state index contributed by atoms with van der Waals surface area (Å²) in [7, 11) is 1.64. The number of alkyl halides is 1. The van der Waals surface area contributed by atoms with Gasteiger partial charge in [0, 0.05) is 38.3 Å². The predicted octanol–water partition coefficient (Wildman–Crippen LogP) is 1.61. The molecule has 1 aromatic carbocycles. The maximum atomic E-state index is 13.0. The Kier molecular flexibility index (Phi) is 4.96. The number of hydrogen-bond donors (Lipinski definition) is 1. The topological polar surface area (TPSA) is 24.5 Å². The summed E-state index contributed by atoms with van der Waals surface area (Å²) in [5.74, 6) is 0.806. The van der Waals surface area contributed by atoms with Gasteiger partial charge in [-0.25, -0.2) is 4.39 Å². The fraction of sp³-hybridized carbons (Fsp3) is 0.571. The number of rotatable bonds is 5. The molecule has 1 aliphatic heterocycles. The van der Waals surface area contributed by atoms with Gasteiger partial charge in [0.15, 0.2) is 0 Å². The summed E-state index contributed by atoms with van der Waals surface area (Å²) in [6.07, 6.45) is 0.850. The second kappa shape index (κ2) is 6.71. The van der Waals surface area contributed by atoms with Gasteiger partial charge in [-0.05, 0) is 18.1 Å². The van der Waals surface area contributed by atoms with E-state index >= 15 is 0 Å². The Morgan fingerprint density at radius 1 is 1.33 bits per heavy atom. The summed E-state index contributed by atoms with van der Waals surface area (Å²) in [6.45, 7) is 4.77. The summed E-state index contributed by atoms with van der Waals surface area (Å²) in [4.78, 5) is 2.41. The standard InChI is InChI=1S/C14H21FN2O/c1-18-14-4-2-3-12(11-15)13(14)5-8-17-9-6-16-7-10-17/h2-4,16H,5-11H2,1H3. The van der Waals surface area contributed by atoms with Crippen LogP contribution in [-0.2, 0) is 13.1 Å². The molecule has 0 unspecified atom stereocenters. The number of halogens is 1. The first kappa shape index (κ1) is 13.3. The van der Waals surface area contributed by atoms with Crippen molar-refractivity contribution in [3.05, 3.63) is 29.3 Å². The summed E-state index contributed by atoms with van der Waals surface area (Å²) in [6, 6.07) is 5.60. The van der Waals surface area contributed by atoms with Gasteiger partial charge in [0.1, 0.15) is 12.4 Å². The van der Waals surface area contributed by atoms with Crippen molar-refractivity contribution in [1.82, 2.24) is 10.2 Å². The van der Waals surface area contributed by atoms with Crippen LogP contribution in [-0.4, -0.2) is 44.7 Å². The Labute approximate surface area is 108 Å². The molecule has 1 aromatic rings. The largest absolute Gasteiger partial charge is 0.496 e. The van der Waals surface area contributed by atoms with Crippen molar-refractivity contribution < 1.29 is 9.13 Å². The van der Waals surface area contributed by atoms with Crippen LogP contribution in [0, 0.1) is 0 Å². The van der Waals surface area contributed by atoms with Crippen molar-refractivity contribution in [1.29, 1.82) is 0 Å². The number of benzene rings is 1. The van der Waals surface area contributed by atoms with Crippen LogP contribution in [0.3, 0.4) is 0 Å². The SMILES string of the molecule is COc1cccc(CF)c1CCN1CCNCC1. The predicted molar refractivity (Wildman–Crippen MR) is 70.8 cm³/mol. The molecule has 18 heavy (non-hydrogen) atoms. The third-order valence-electron chi connectivity index (χ3n) is 3.48. The monoisotopic (exact) mass is 252 g/mol. The molecule has 0 saturated carbocycles. The van der Waals surface area contributed by atoms with Gasteiger partial charge in [0.2, 0.25) is 0 Å². The highest BCUT2D eigenvalue weighted by molar-refractivity contribution is 5.40. The van der Waals surface area contributed by atoms with E-state index in [2.05, 4.69) is 10.2 Å². The maximum Gasteiger partial charge on any atom is 0.122 e. The first-order chi connectivity index (χ1) is 8.85. The van der Waals surface area contributed by atoms with Crippen LogP contribution >= 0.6 is 0 Å². The van der Waals surface area contributed by atoms with Crippen LogP contribution in [0.15, 0.2) is 18.2 Å². The lowest BCUT2D eigenvalue weighted by Gasteiger charge is -2.27. The third kappa shape index (κ3) is 3.21. The molecule has 3 nitrogen and oxygen atoms in total. The van der Waals surface area contributed by atoms with Crippen molar-refractivity contribution in [2.75, 3.05) is 39.8 Å². The minimum Gasteiger partial charge on any atom is -0.496 e. The Balaban J connectivity index is 2.02. The van der Waals surface area contributed by atoms with Gasteiger partial charge in [-0.15, -0.1) is 0 Å². The molecule has 0 aromatic heterocycles. The fourth-order valence-electron chi connectivity index (χ4n) is 2.42. The Hall–Kier alpha value is -1.13. The number of hydrogen-bond acceptors (Lipinski definition) is 3. The van der Waals surface area contributed by atoms with Gasteiger partial charge in [0.05, 0.1) is 7.11 Å². The number of methoxy groups -OCH3 is 1. The van der Waals surface area contributed by atoms with E-state index in [0.717, 1.165) is 56.0 Å². The second-order valence-corrected chi connectivity index (χ2v) is 4.57. The van der Waals surface area contributed by atoms with Crippen molar-refractivity contribution >= 4 is 0 Å². The molecule has 100 valence electrons. The van der Waals surface area contributed by atoms with E-state index in [1.54, 1.807) is 7.11 Å². The van der Waals surface area contributed by atoms with Crippen molar-refractivity contribution in [3.63, 3.8) is 0 Å². The highest BCUT2D eigenvalue weighted by atomic mass is 19.1. The molecule has 0 amide bonds. The quantitative estimate of drug-likeness (QED) is 0.861. The fourth-order valence-corrected chi connectivity index (χ4v) is 2.42. The van der Waals surface area contributed by atoms with Crippen LogP contribution in [0.25, 0.3) is 0 Å². The van der Waals surface area contributed by atoms with E-state index in [-0.39, 0.29) is 0 Å². The van der Waals surface area contributed by atoms with Crippen molar-refractivity contribution in [3.8, 4) is 5.75 Å². The molecule has 0 radical (unpaired) electrons. The van der Waals surface area contributed by atoms with Gasteiger partial charge in [-0.1, -0.05) is 12.1 Å². The average molecular weight is 252 g/mol. The number of piperazine rings is 1. The highest BCUT2D eigenvalue weighted by Crippen LogP contribution is 2.23. The van der Waals surface area contributed by atoms with Crippen LogP contribution in [0.1, 0.15) is 11.1 Å². The smallest absolute Gasteiger partial charge is 0.122 e. The molecular formula is C14H21FN2O. The molecular weight excluding hydrogens is 231 g/mol. The maximum absolute atomic E-state index is 13.0. The van der Waals surface area contributed by atoms with E-state index in [9.17, 15) is 4.39 Å². The summed E-state index contributed by atoms with van der Waals surface area (Å²) < 4.78 is 18.3. The van der Waals surface area contributed by atoms with Gasteiger partial charge in [-0.2, -0.15) is 0 Å². The van der Waals surface area contributed by atoms with E-state index < -0.39 is 6.67 Å². The minimum absolute atomic E-state index is 0.423. The van der Waals surface area contributed by atoms with E-state index in [1.807, 2.05) is 18.2 Å². The molecule has 1 N–H and O–H groups in total. The van der Waals surface area contributed by atoms with Crippen LogP contribution in [0.5, 0.6) is 5.75 Å². The number of nitrogens with zero attached hydrogens (tertiary/aromatic N) is 1. The summed E-state index contributed by atoms with van der Waals surface area (Å²) >= 11 is 0. The first-order valence-corrected chi connectivity index (χ1v) is 6.49. The summed E-state index contributed by atoms with van der Waals surface area (Å²) in [5, 5.41) is 3.33.